The Balaban J connectivity index is 2.44. The van der Waals surface area contributed by atoms with Gasteiger partial charge in [0.1, 0.15) is 4.90 Å². The van der Waals surface area contributed by atoms with Crippen molar-refractivity contribution in [3.05, 3.63) is 53.6 Å². The molecule has 0 aliphatic heterocycles. The van der Waals surface area contributed by atoms with Crippen LogP contribution >= 0.6 is 0 Å². The van der Waals surface area contributed by atoms with E-state index in [-0.39, 0.29) is 16.3 Å². The highest BCUT2D eigenvalue weighted by atomic mass is 32.2. The fraction of sp³-hybridized carbons (Fsp3) is 0.143. The molecule has 2 N–H and O–H groups in total. The Hall–Kier alpha value is -2.01. The molecule has 0 saturated carbocycles. The van der Waals surface area contributed by atoms with Gasteiger partial charge in [0.2, 0.25) is 0 Å². The average molecular weight is 277 g/mol. The second-order valence-corrected chi connectivity index (χ2v) is 5.86. The first kappa shape index (κ1) is 13.4. The minimum absolute atomic E-state index is 0.142. The van der Waals surface area contributed by atoms with Crippen molar-refractivity contribution in [1.82, 2.24) is 0 Å². The molecule has 4 nitrogen and oxygen atoms in total. The summed E-state index contributed by atoms with van der Waals surface area (Å²) in [6.07, 6.45) is 0. The van der Waals surface area contributed by atoms with E-state index in [0.717, 1.165) is 5.56 Å². The molecule has 0 unspecified atom stereocenters. The molecule has 2 aromatic carbocycles. The zero-order valence-corrected chi connectivity index (χ0v) is 11.6. The summed E-state index contributed by atoms with van der Waals surface area (Å²) in [5.74, 6) is 0.142. The smallest absolute Gasteiger partial charge is 0.339 e. The summed E-state index contributed by atoms with van der Waals surface area (Å²) in [5, 5.41) is 0. The number of nitrogens with two attached hydrogens (primary N) is 1. The highest BCUT2D eigenvalue weighted by Crippen LogP contribution is 2.26. The predicted molar refractivity (Wildman–Crippen MR) is 74.6 cm³/mol. The lowest BCUT2D eigenvalue weighted by Gasteiger charge is -2.11. The molecule has 5 heteroatoms. The van der Waals surface area contributed by atoms with Crippen molar-refractivity contribution in [1.29, 1.82) is 0 Å². The Bertz CT molecular complexity index is 708. The van der Waals surface area contributed by atoms with Crippen molar-refractivity contribution in [2.45, 2.75) is 18.7 Å². The molecule has 0 aliphatic carbocycles. The number of hydrogen-bond acceptors (Lipinski definition) is 4. The molecule has 0 saturated heterocycles. The predicted octanol–water partition coefficient (Wildman–Crippen LogP) is 2.65. The van der Waals surface area contributed by atoms with Crippen molar-refractivity contribution in [2.24, 2.45) is 0 Å². The molecule has 19 heavy (non-hydrogen) atoms. The second-order valence-electron chi connectivity index (χ2n) is 4.34. The van der Waals surface area contributed by atoms with Gasteiger partial charge in [0.15, 0.2) is 5.75 Å². The SMILES string of the molecule is Cc1ccc(C)c(S(=O)(=O)Oc2ccccc2N)c1. The molecule has 0 amide bonds. The second kappa shape index (κ2) is 4.93. The number of anilines is 1. The van der Waals surface area contributed by atoms with Crippen LogP contribution in [0.15, 0.2) is 47.4 Å². The lowest BCUT2D eigenvalue weighted by Crippen LogP contribution is -2.12. The summed E-state index contributed by atoms with van der Waals surface area (Å²) in [5.41, 5.74) is 7.47. The monoisotopic (exact) mass is 277 g/mol. The van der Waals surface area contributed by atoms with E-state index in [1.54, 1.807) is 37.3 Å². The summed E-state index contributed by atoms with van der Waals surface area (Å²) in [7, 11) is -3.87. The van der Waals surface area contributed by atoms with Crippen LogP contribution in [0.4, 0.5) is 5.69 Å². The third-order valence-corrected chi connectivity index (χ3v) is 4.11. The van der Waals surface area contributed by atoms with E-state index in [2.05, 4.69) is 0 Å². The third-order valence-electron chi connectivity index (χ3n) is 2.73. The largest absolute Gasteiger partial charge is 0.396 e. The van der Waals surface area contributed by atoms with Crippen LogP contribution in [0, 0.1) is 13.8 Å². The van der Waals surface area contributed by atoms with Gasteiger partial charge < -0.3 is 9.92 Å². The fourth-order valence-electron chi connectivity index (χ4n) is 1.70. The number of para-hydroxylation sites is 2. The van der Waals surface area contributed by atoms with Crippen molar-refractivity contribution in [3.8, 4) is 5.75 Å². The van der Waals surface area contributed by atoms with Gasteiger partial charge >= 0.3 is 10.1 Å². The Morgan fingerprint density at radius 2 is 1.74 bits per heavy atom. The molecule has 0 fully saturated rings. The lowest BCUT2D eigenvalue weighted by molar-refractivity contribution is 0.486. The van der Waals surface area contributed by atoms with E-state index in [1.807, 2.05) is 13.0 Å². The molecule has 100 valence electrons. The molecule has 0 aliphatic rings. The lowest BCUT2D eigenvalue weighted by atomic mass is 10.2. The Morgan fingerprint density at radius 1 is 1.05 bits per heavy atom. The van der Waals surface area contributed by atoms with E-state index >= 15 is 0 Å². The van der Waals surface area contributed by atoms with E-state index < -0.39 is 10.1 Å². The van der Waals surface area contributed by atoms with Crippen LogP contribution in [-0.2, 0) is 10.1 Å². The zero-order valence-electron chi connectivity index (χ0n) is 10.8. The molecule has 0 heterocycles. The van der Waals surface area contributed by atoms with Crippen molar-refractivity contribution in [3.63, 3.8) is 0 Å². The first-order valence-corrected chi connectivity index (χ1v) is 7.17. The van der Waals surface area contributed by atoms with Gasteiger partial charge in [0.05, 0.1) is 5.69 Å². The van der Waals surface area contributed by atoms with Gasteiger partial charge in [0.25, 0.3) is 0 Å². The van der Waals surface area contributed by atoms with Crippen LogP contribution in [0.5, 0.6) is 5.75 Å². The van der Waals surface area contributed by atoms with Crippen LogP contribution < -0.4 is 9.92 Å². The summed E-state index contributed by atoms with van der Waals surface area (Å²) < 4.78 is 29.6. The molecule has 0 spiro atoms. The Kier molecular flexibility index (Phi) is 3.48. The van der Waals surface area contributed by atoms with Crippen LogP contribution in [0.2, 0.25) is 0 Å². The topological polar surface area (TPSA) is 69.4 Å². The molecule has 0 aromatic heterocycles. The fourth-order valence-corrected chi connectivity index (χ4v) is 2.97. The number of hydrogen-bond donors (Lipinski definition) is 1. The number of rotatable bonds is 3. The van der Waals surface area contributed by atoms with Crippen LogP contribution in [0.1, 0.15) is 11.1 Å². The number of benzene rings is 2. The van der Waals surface area contributed by atoms with Gasteiger partial charge in [-0.05, 0) is 43.2 Å². The molecule has 0 bridgehead atoms. The van der Waals surface area contributed by atoms with Crippen LogP contribution in [0.25, 0.3) is 0 Å². The Labute approximate surface area is 113 Å². The van der Waals surface area contributed by atoms with E-state index in [9.17, 15) is 8.42 Å². The minimum Gasteiger partial charge on any atom is -0.396 e. The van der Waals surface area contributed by atoms with Crippen molar-refractivity contribution in [2.75, 3.05) is 5.73 Å². The summed E-state index contributed by atoms with van der Waals surface area (Å²) in [4.78, 5) is 0.163. The van der Waals surface area contributed by atoms with Gasteiger partial charge in [-0.3, -0.25) is 0 Å². The first-order chi connectivity index (χ1) is 8.90. The zero-order chi connectivity index (χ0) is 14.0. The third kappa shape index (κ3) is 2.88. The summed E-state index contributed by atoms with van der Waals surface area (Å²) in [6.45, 7) is 3.55. The molecule has 0 atom stereocenters. The van der Waals surface area contributed by atoms with Gasteiger partial charge in [-0.2, -0.15) is 8.42 Å². The van der Waals surface area contributed by atoms with E-state index in [4.69, 9.17) is 9.92 Å². The van der Waals surface area contributed by atoms with Crippen LogP contribution in [0.3, 0.4) is 0 Å². The molecular weight excluding hydrogens is 262 g/mol. The maximum atomic E-state index is 12.2. The number of nitrogen functional groups attached to an aromatic ring is 1. The van der Waals surface area contributed by atoms with E-state index in [0.29, 0.717) is 5.56 Å². The summed E-state index contributed by atoms with van der Waals surface area (Å²) >= 11 is 0. The van der Waals surface area contributed by atoms with Gasteiger partial charge in [0, 0.05) is 0 Å². The quantitative estimate of drug-likeness (QED) is 0.691. The van der Waals surface area contributed by atoms with Crippen molar-refractivity contribution < 1.29 is 12.6 Å². The average Bonchev–Trinajstić information content (AvgIpc) is 2.35. The molecule has 2 rings (SSSR count). The number of aryl methyl sites for hydroxylation is 2. The molecular formula is C14H15NO3S. The standard InChI is InChI=1S/C14H15NO3S/c1-10-7-8-11(2)14(9-10)19(16,17)18-13-6-4-3-5-12(13)15/h3-9H,15H2,1-2H3. The molecule has 2 aromatic rings. The minimum atomic E-state index is -3.87. The maximum Gasteiger partial charge on any atom is 0.339 e. The summed E-state index contributed by atoms with van der Waals surface area (Å²) in [6, 6.07) is 11.7. The first-order valence-electron chi connectivity index (χ1n) is 5.76. The van der Waals surface area contributed by atoms with E-state index in [1.165, 1.54) is 6.07 Å². The van der Waals surface area contributed by atoms with Crippen LogP contribution in [-0.4, -0.2) is 8.42 Å². The Morgan fingerprint density at radius 3 is 2.42 bits per heavy atom. The van der Waals surface area contributed by atoms with Gasteiger partial charge in [-0.15, -0.1) is 0 Å². The normalized spacial score (nSPS) is 11.3. The highest BCUT2D eigenvalue weighted by molar-refractivity contribution is 7.87. The van der Waals surface area contributed by atoms with Gasteiger partial charge in [-0.25, -0.2) is 0 Å². The highest BCUT2D eigenvalue weighted by Gasteiger charge is 2.20. The van der Waals surface area contributed by atoms with Crippen molar-refractivity contribution >= 4 is 15.8 Å². The maximum absolute atomic E-state index is 12.2. The molecule has 0 radical (unpaired) electrons. The van der Waals surface area contributed by atoms with Gasteiger partial charge in [-0.1, -0.05) is 24.3 Å².